The molecule has 1 fully saturated rings. The fourth-order valence-corrected chi connectivity index (χ4v) is 4.42. The van der Waals surface area contributed by atoms with Crippen LogP contribution < -0.4 is 11.1 Å². The van der Waals surface area contributed by atoms with Crippen molar-refractivity contribution in [3.05, 3.63) is 71.9 Å². The van der Waals surface area contributed by atoms with Crippen LogP contribution in [0.2, 0.25) is 0 Å². The summed E-state index contributed by atoms with van der Waals surface area (Å²) in [4.78, 5) is 43.5. The normalized spacial score (nSPS) is 15.4. The quantitative estimate of drug-likeness (QED) is 0.282. The van der Waals surface area contributed by atoms with E-state index >= 15 is 0 Å². The van der Waals surface area contributed by atoms with Crippen molar-refractivity contribution in [1.29, 1.82) is 0 Å². The minimum Gasteiger partial charge on any atom is -0.463 e. The molecule has 4 N–H and O–H groups in total. The van der Waals surface area contributed by atoms with Crippen molar-refractivity contribution in [2.45, 2.75) is 38.0 Å². The summed E-state index contributed by atoms with van der Waals surface area (Å²) in [6.07, 6.45) is 2.15. The summed E-state index contributed by atoms with van der Waals surface area (Å²) < 4.78 is 16.1. The van der Waals surface area contributed by atoms with Crippen molar-refractivity contribution >= 4 is 28.7 Å². The number of para-hydroxylation sites is 1. The molecule has 4 rings (SSSR count). The zero-order chi connectivity index (χ0) is 27.5. The fraction of sp³-hybridized carbons (Fsp3) is 0.414. The summed E-state index contributed by atoms with van der Waals surface area (Å²) in [6, 6.07) is 15.3. The number of aromatic amines is 1. The Morgan fingerprint density at radius 1 is 1.00 bits per heavy atom. The van der Waals surface area contributed by atoms with Crippen LogP contribution in [-0.2, 0) is 41.6 Å². The molecule has 1 unspecified atom stereocenters. The third-order valence-electron chi connectivity index (χ3n) is 6.68. The SMILES string of the molecule is N[C@H](CCC(=O)NC(Cc1c[nH]c2ccccc12)C(=O)OCc1ccccc1)C(=O)OCCN1CCOCC1. The molecule has 0 radical (unpaired) electrons. The lowest BCUT2D eigenvalue weighted by Crippen LogP contribution is -2.44. The predicted molar refractivity (Wildman–Crippen MR) is 146 cm³/mol. The van der Waals surface area contributed by atoms with Crippen LogP contribution in [0.3, 0.4) is 0 Å². The first-order valence-electron chi connectivity index (χ1n) is 13.3. The molecule has 0 saturated carbocycles. The number of nitrogens with one attached hydrogen (secondary N) is 2. The Bertz CT molecular complexity index is 1220. The van der Waals surface area contributed by atoms with E-state index in [1.54, 1.807) is 0 Å². The second kappa shape index (κ2) is 14.4. The highest BCUT2D eigenvalue weighted by Gasteiger charge is 2.25. The maximum absolute atomic E-state index is 13.1. The largest absolute Gasteiger partial charge is 0.463 e. The van der Waals surface area contributed by atoms with E-state index in [1.807, 2.05) is 60.8 Å². The van der Waals surface area contributed by atoms with Crippen LogP contribution in [0.25, 0.3) is 10.9 Å². The van der Waals surface area contributed by atoms with E-state index in [1.165, 1.54) is 0 Å². The van der Waals surface area contributed by atoms with Gasteiger partial charge in [0, 0.05) is 49.6 Å². The number of carbonyl (C=O) groups excluding carboxylic acids is 3. The molecule has 1 aromatic heterocycles. The minimum atomic E-state index is -0.933. The van der Waals surface area contributed by atoms with Crippen LogP contribution in [0.4, 0.5) is 0 Å². The van der Waals surface area contributed by atoms with Crippen molar-refractivity contribution in [2.24, 2.45) is 5.73 Å². The summed E-state index contributed by atoms with van der Waals surface area (Å²) in [7, 11) is 0. The molecule has 0 aliphatic carbocycles. The first-order valence-corrected chi connectivity index (χ1v) is 13.3. The average Bonchev–Trinajstić information content (AvgIpc) is 3.38. The maximum atomic E-state index is 13.1. The molecule has 39 heavy (non-hydrogen) atoms. The highest BCUT2D eigenvalue weighted by Crippen LogP contribution is 2.20. The van der Waals surface area contributed by atoms with Gasteiger partial charge in [0.25, 0.3) is 0 Å². The lowest BCUT2D eigenvalue weighted by Gasteiger charge is -2.26. The van der Waals surface area contributed by atoms with E-state index < -0.39 is 29.9 Å². The van der Waals surface area contributed by atoms with Crippen molar-refractivity contribution in [2.75, 3.05) is 39.5 Å². The van der Waals surface area contributed by atoms with Gasteiger partial charge in [-0.25, -0.2) is 4.79 Å². The highest BCUT2D eigenvalue weighted by molar-refractivity contribution is 5.87. The number of hydrogen-bond donors (Lipinski definition) is 3. The number of rotatable bonds is 13. The van der Waals surface area contributed by atoms with Gasteiger partial charge in [0.15, 0.2) is 0 Å². The Balaban J connectivity index is 1.29. The fourth-order valence-electron chi connectivity index (χ4n) is 4.42. The molecule has 3 aromatic rings. The van der Waals surface area contributed by atoms with Crippen LogP contribution in [0.5, 0.6) is 0 Å². The molecule has 2 heterocycles. The van der Waals surface area contributed by atoms with Gasteiger partial charge >= 0.3 is 11.9 Å². The molecule has 2 aromatic carbocycles. The number of ether oxygens (including phenoxy) is 3. The van der Waals surface area contributed by atoms with Crippen LogP contribution in [-0.4, -0.2) is 79.3 Å². The Hall–Kier alpha value is -3.73. The van der Waals surface area contributed by atoms with E-state index in [-0.39, 0.29) is 32.5 Å². The summed E-state index contributed by atoms with van der Waals surface area (Å²) in [6.45, 7) is 3.89. The number of aromatic nitrogens is 1. The number of fused-ring (bicyclic) bond motifs is 1. The smallest absolute Gasteiger partial charge is 0.329 e. The Morgan fingerprint density at radius 3 is 2.54 bits per heavy atom. The average molecular weight is 537 g/mol. The number of H-pyrrole nitrogens is 1. The lowest BCUT2D eigenvalue weighted by atomic mass is 10.0. The third kappa shape index (κ3) is 8.64. The molecule has 0 spiro atoms. The topological polar surface area (TPSA) is 136 Å². The van der Waals surface area contributed by atoms with Crippen LogP contribution in [0.15, 0.2) is 60.8 Å². The molecule has 10 nitrogen and oxygen atoms in total. The molecule has 10 heteroatoms. The van der Waals surface area contributed by atoms with Gasteiger partial charge < -0.3 is 30.2 Å². The zero-order valence-corrected chi connectivity index (χ0v) is 22.0. The first kappa shape index (κ1) is 28.3. The molecule has 2 atom stereocenters. The monoisotopic (exact) mass is 536 g/mol. The molecule has 1 aliphatic heterocycles. The number of nitrogens with two attached hydrogens (primary N) is 1. The summed E-state index contributed by atoms with van der Waals surface area (Å²) in [5.41, 5.74) is 8.64. The molecular weight excluding hydrogens is 500 g/mol. The zero-order valence-electron chi connectivity index (χ0n) is 22.0. The Morgan fingerprint density at radius 2 is 1.74 bits per heavy atom. The predicted octanol–water partition coefficient (Wildman–Crippen LogP) is 1.92. The number of morpholine rings is 1. The van der Waals surface area contributed by atoms with Gasteiger partial charge in [0.05, 0.1) is 13.2 Å². The standard InChI is InChI=1S/C29H36N4O6/c30-24(28(35)38-17-14-33-12-15-37-16-13-33)10-11-27(34)32-26(29(36)39-20-21-6-2-1-3-7-21)18-22-19-31-25-9-5-4-8-23(22)25/h1-9,19,24,26,31H,10-18,20,30H2,(H,32,34)/t24-,26?/m1/s1. The van der Waals surface area contributed by atoms with E-state index in [4.69, 9.17) is 19.9 Å². The number of carbonyl (C=O) groups is 3. The van der Waals surface area contributed by atoms with Gasteiger partial charge in [0.1, 0.15) is 25.3 Å². The van der Waals surface area contributed by atoms with Gasteiger partial charge in [-0.1, -0.05) is 48.5 Å². The van der Waals surface area contributed by atoms with E-state index in [2.05, 4.69) is 15.2 Å². The molecule has 0 bridgehead atoms. The Labute approximate surface area is 227 Å². The van der Waals surface area contributed by atoms with Gasteiger partial charge in [-0.2, -0.15) is 0 Å². The summed E-state index contributed by atoms with van der Waals surface area (Å²) in [5.74, 6) is -1.48. The Kier molecular flexibility index (Phi) is 10.5. The van der Waals surface area contributed by atoms with Gasteiger partial charge in [0.2, 0.25) is 5.91 Å². The summed E-state index contributed by atoms with van der Waals surface area (Å²) in [5, 5.41) is 3.75. The van der Waals surface area contributed by atoms with Gasteiger partial charge in [-0.15, -0.1) is 0 Å². The second-order valence-corrected chi connectivity index (χ2v) is 9.54. The van der Waals surface area contributed by atoms with Gasteiger partial charge in [-0.05, 0) is 23.6 Å². The van der Waals surface area contributed by atoms with Crippen molar-refractivity contribution in [3.63, 3.8) is 0 Å². The number of nitrogens with zero attached hydrogens (tertiary/aromatic N) is 1. The van der Waals surface area contributed by atoms with Crippen molar-refractivity contribution < 1.29 is 28.6 Å². The molecule has 1 aliphatic rings. The highest BCUT2D eigenvalue weighted by atomic mass is 16.5. The number of hydrogen-bond acceptors (Lipinski definition) is 8. The molecule has 1 saturated heterocycles. The van der Waals surface area contributed by atoms with Crippen molar-refractivity contribution in [1.82, 2.24) is 15.2 Å². The maximum Gasteiger partial charge on any atom is 0.329 e. The third-order valence-corrected chi connectivity index (χ3v) is 6.68. The van der Waals surface area contributed by atoms with Gasteiger partial charge in [-0.3, -0.25) is 14.5 Å². The number of amides is 1. The number of benzene rings is 2. The second-order valence-electron chi connectivity index (χ2n) is 9.54. The van der Waals surface area contributed by atoms with Crippen LogP contribution >= 0.6 is 0 Å². The van der Waals surface area contributed by atoms with Crippen LogP contribution in [0.1, 0.15) is 24.0 Å². The molecular formula is C29H36N4O6. The minimum absolute atomic E-state index is 0.0317. The van der Waals surface area contributed by atoms with E-state index in [0.717, 1.165) is 35.1 Å². The van der Waals surface area contributed by atoms with Crippen molar-refractivity contribution in [3.8, 4) is 0 Å². The molecule has 1 amide bonds. The molecule has 208 valence electrons. The lowest BCUT2D eigenvalue weighted by molar-refractivity contribution is -0.149. The summed E-state index contributed by atoms with van der Waals surface area (Å²) >= 11 is 0. The van der Waals surface area contributed by atoms with Crippen LogP contribution in [0, 0.1) is 0 Å². The van der Waals surface area contributed by atoms with E-state index in [9.17, 15) is 14.4 Å². The van der Waals surface area contributed by atoms with E-state index in [0.29, 0.717) is 19.8 Å². The number of esters is 2. The first-order chi connectivity index (χ1) is 19.0.